The average Bonchev–Trinajstić information content (AvgIpc) is 2.69. The summed E-state index contributed by atoms with van der Waals surface area (Å²) in [5.74, 6) is 1.43. The molecule has 0 aromatic heterocycles. The predicted octanol–water partition coefficient (Wildman–Crippen LogP) is 1.30. The fourth-order valence-corrected chi connectivity index (χ4v) is 2.94. The van der Waals surface area contributed by atoms with E-state index in [9.17, 15) is 4.79 Å². The number of rotatable bonds is 8. The molecule has 0 bridgehead atoms. The average molecular weight is 376 g/mol. The molecule has 2 N–H and O–H groups in total. The molecular formula is C20H33N5O2. The monoisotopic (exact) mass is 375 g/mol. The first kappa shape index (κ1) is 21.0. The molecule has 0 atom stereocenters. The molecule has 1 aromatic rings. The highest BCUT2D eigenvalue weighted by atomic mass is 16.5. The minimum atomic E-state index is -0.0585. The number of likely N-dealkylation sites (N-methyl/N-ethyl adjacent to an activating group) is 1. The van der Waals surface area contributed by atoms with Crippen molar-refractivity contribution in [1.29, 1.82) is 0 Å². The number of nitrogens with one attached hydrogen (secondary N) is 2. The Bertz CT molecular complexity index is 612. The Balaban J connectivity index is 1.73. The van der Waals surface area contributed by atoms with Gasteiger partial charge in [0.2, 0.25) is 0 Å². The van der Waals surface area contributed by atoms with Crippen LogP contribution in [-0.2, 0) is 11.3 Å². The second kappa shape index (κ2) is 11.4. The molecule has 1 fully saturated rings. The summed E-state index contributed by atoms with van der Waals surface area (Å²) in [7, 11) is 5.22. The molecule has 150 valence electrons. The van der Waals surface area contributed by atoms with Crippen LogP contribution in [0.1, 0.15) is 24.8 Å². The van der Waals surface area contributed by atoms with Gasteiger partial charge in [-0.3, -0.25) is 9.79 Å². The lowest BCUT2D eigenvalue weighted by Crippen LogP contribution is -2.42. The second-order valence-corrected chi connectivity index (χ2v) is 6.98. The van der Waals surface area contributed by atoms with Gasteiger partial charge in [0.15, 0.2) is 12.6 Å². The summed E-state index contributed by atoms with van der Waals surface area (Å²) >= 11 is 0. The first-order chi connectivity index (χ1) is 13.1. The summed E-state index contributed by atoms with van der Waals surface area (Å²) < 4.78 is 5.56. The van der Waals surface area contributed by atoms with Crippen molar-refractivity contribution < 1.29 is 9.53 Å². The Morgan fingerprint density at radius 2 is 2.00 bits per heavy atom. The van der Waals surface area contributed by atoms with Crippen LogP contribution >= 0.6 is 0 Å². The molecule has 1 aliphatic rings. The fraction of sp³-hybridized carbons (Fsp3) is 0.600. The van der Waals surface area contributed by atoms with Crippen molar-refractivity contribution in [3.63, 3.8) is 0 Å². The van der Waals surface area contributed by atoms with E-state index in [0.29, 0.717) is 12.3 Å². The zero-order valence-electron chi connectivity index (χ0n) is 16.8. The van der Waals surface area contributed by atoms with E-state index in [0.717, 1.165) is 24.6 Å². The Kier molecular flexibility index (Phi) is 8.91. The number of benzene rings is 1. The van der Waals surface area contributed by atoms with E-state index >= 15 is 0 Å². The number of piperidine rings is 1. The maximum Gasteiger partial charge on any atom is 0.259 e. The molecule has 1 saturated heterocycles. The largest absolute Gasteiger partial charge is 0.484 e. The highest BCUT2D eigenvalue weighted by Crippen LogP contribution is 2.13. The van der Waals surface area contributed by atoms with E-state index in [2.05, 4.69) is 20.5 Å². The lowest BCUT2D eigenvalue weighted by Gasteiger charge is -2.26. The van der Waals surface area contributed by atoms with Crippen molar-refractivity contribution >= 4 is 11.9 Å². The number of hydrogen-bond donors (Lipinski definition) is 2. The topological polar surface area (TPSA) is 69.2 Å². The maximum absolute atomic E-state index is 11.6. The number of nitrogens with zero attached hydrogens (tertiary/aromatic N) is 3. The van der Waals surface area contributed by atoms with Crippen LogP contribution in [0, 0.1) is 0 Å². The number of hydrogen-bond acceptors (Lipinski definition) is 4. The fourth-order valence-electron chi connectivity index (χ4n) is 2.94. The summed E-state index contributed by atoms with van der Waals surface area (Å²) in [4.78, 5) is 19.9. The first-order valence-corrected chi connectivity index (χ1v) is 9.67. The van der Waals surface area contributed by atoms with E-state index in [1.165, 1.54) is 37.3 Å². The zero-order valence-corrected chi connectivity index (χ0v) is 16.8. The van der Waals surface area contributed by atoms with Gasteiger partial charge < -0.3 is 25.2 Å². The van der Waals surface area contributed by atoms with Crippen LogP contribution in [0.4, 0.5) is 0 Å². The zero-order chi connectivity index (χ0) is 19.5. The van der Waals surface area contributed by atoms with Gasteiger partial charge in [-0.1, -0.05) is 18.6 Å². The van der Waals surface area contributed by atoms with Crippen molar-refractivity contribution in [2.45, 2.75) is 25.8 Å². The van der Waals surface area contributed by atoms with Gasteiger partial charge >= 0.3 is 0 Å². The van der Waals surface area contributed by atoms with Crippen LogP contribution in [0.5, 0.6) is 5.75 Å². The van der Waals surface area contributed by atoms with Crippen LogP contribution in [0.15, 0.2) is 29.3 Å². The number of aliphatic imine (C=N–C) groups is 1. The number of amides is 1. The molecule has 0 spiro atoms. The maximum atomic E-state index is 11.6. The lowest BCUT2D eigenvalue weighted by atomic mass is 10.1. The van der Waals surface area contributed by atoms with Crippen molar-refractivity contribution in [1.82, 2.24) is 20.4 Å². The van der Waals surface area contributed by atoms with Gasteiger partial charge in [0.05, 0.1) is 0 Å². The molecule has 1 amide bonds. The number of likely N-dealkylation sites (tertiary alicyclic amines) is 1. The summed E-state index contributed by atoms with van der Waals surface area (Å²) in [6, 6.07) is 7.75. The predicted molar refractivity (Wildman–Crippen MR) is 109 cm³/mol. The van der Waals surface area contributed by atoms with Gasteiger partial charge in [-0.15, -0.1) is 0 Å². The third kappa shape index (κ3) is 7.86. The normalized spacial score (nSPS) is 15.3. The Morgan fingerprint density at radius 1 is 1.22 bits per heavy atom. The Labute approximate surface area is 162 Å². The number of guanidine groups is 1. The molecule has 7 nitrogen and oxygen atoms in total. The summed E-state index contributed by atoms with van der Waals surface area (Å²) in [6.45, 7) is 5.03. The molecular weight excluding hydrogens is 342 g/mol. The molecule has 0 unspecified atom stereocenters. The lowest BCUT2D eigenvalue weighted by molar-refractivity contribution is -0.130. The van der Waals surface area contributed by atoms with Gasteiger partial charge in [-0.2, -0.15) is 0 Å². The van der Waals surface area contributed by atoms with E-state index in [1.807, 2.05) is 24.3 Å². The van der Waals surface area contributed by atoms with E-state index < -0.39 is 0 Å². The number of carbonyl (C=O) groups excluding carboxylic acids is 1. The second-order valence-electron chi connectivity index (χ2n) is 6.98. The Hall–Kier alpha value is -2.28. The molecule has 1 heterocycles. The van der Waals surface area contributed by atoms with Crippen molar-refractivity contribution in [2.24, 2.45) is 4.99 Å². The van der Waals surface area contributed by atoms with E-state index in [-0.39, 0.29) is 12.5 Å². The van der Waals surface area contributed by atoms with Crippen molar-refractivity contribution in [2.75, 3.05) is 53.9 Å². The standard InChI is InChI=1S/C20H33N5O2/c1-21-20(22-10-13-25-11-5-4-6-12-25)23-15-17-8-7-9-18(14-17)27-16-19(26)24(2)3/h7-9,14H,4-6,10-13,15-16H2,1-3H3,(H2,21,22,23). The quantitative estimate of drug-likeness (QED) is 0.530. The SMILES string of the molecule is CN=C(NCCN1CCCCC1)NCc1cccc(OCC(=O)N(C)C)c1. The number of carbonyl (C=O) groups is 1. The van der Waals surface area contributed by atoms with Gasteiger partial charge in [-0.05, 0) is 43.6 Å². The van der Waals surface area contributed by atoms with Crippen LogP contribution in [0.2, 0.25) is 0 Å². The van der Waals surface area contributed by atoms with E-state index in [4.69, 9.17) is 4.74 Å². The highest BCUT2D eigenvalue weighted by molar-refractivity contribution is 5.79. The third-order valence-electron chi connectivity index (χ3n) is 4.61. The number of ether oxygens (including phenoxy) is 1. The molecule has 0 radical (unpaired) electrons. The van der Waals surface area contributed by atoms with E-state index in [1.54, 1.807) is 21.1 Å². The molecule has 7 heteroatoms. The Morgan fingerprint density at radius 3 is 2.70 bits per heavy atom. The smallest absolute Gasteiger partial charge is 0.259 e. The van der Waals surface area contributed by atoms with Crippen molar-refractivity contribution in [3.05, 3.63) is 29.8 Å². The summed E-state index contributed by atoms with van der Waals surface area (Å²) in [6.07, 6.45) is 3.98. The van der Waals surface area contributed by atoms with Gasteiger partial charge in [0.1, 0.15) is 5.75 Å². The van der Waals surface area contributed by atoms with Crippen LogP contribution < -0.4 is 15.4 Å². The molecule has 2 rings (SSSR count). The van der Waals surface area contributed by atoms with Gasteiger partial charge in [0, 0.05) is 40.8 Å². The minimum Gasteiger partial charge on any atom is -0.484 e. The highest BCUT2D eigenvalue weighted by Gasteiger charge is 2.09. The molecule has 1 aromatic carbocycles. The van der Waals surface area contributed by atoms with Gasteiger partial charge in [-0.25, -0.2) is 0 Å². The van der Waals surface area contributed by atoms with Gasteiger partial charge in [0.25, 0.3) is 5.91 Å². The summed E-state index contributed by atoms with van der Waals surface area (Å²) in [5, 5.41) is 6.69. The minimum absolute atomic E-state index is 0.0452. The summed E-state index contributed by atoms with van der Waals surface area (Å²) in [5.41, 5.74) is 1.07. The molecule has 0 saturated carbocycles. The third-order valence-corrected chi connectivity index (χ3v) is 4.61. The first-order valence-electron chi connectivity index (χ1n) is 9.67. The molecule has 1 aliphatic heterocycles. The van der Waals surface area contributed by atoms with Crippen LogP contribution in [0.3, 0.4) is 0 Å². The van der Waals surface area contributed by atoms with Crippen molar-refractivity contribution in [3.8, 4) is 5.75 Å². The molecule has 27 heavy (non-hydrogen) atoms. The molecule has 0 aliphatic carbocycles. The van der Waals surface area contributed by atoms with Crippen LogP contribution in [0.25, 0.3) is 0 Å². The van der Waals surface area contributed by atoms with Crippen LogP contribution in [-0.4, -0.2) is 75.6 Å².